The van der Waals surface area contributed by atoms with Crippen LogP contribution in [0.5, 0.6) is 0 Å². The summed E-state index contributed by atoms with van der Waals surface area (Å²) < 4.78 is 0. The molecule has 1 N–H and O–H groups in total. The first-order chi connectivity index (χ1) is 13.0. The summed E-state index contributed by atoms with van der Waals surface area (Å²) in [7, 11) is 0. The first-order valence-electron chi connectivity index (χ1n) is 10.8. The molecule has 0 radical (unpaired) electrons. The van der Waals surface area contributed by atoms with E-state index >= 15 is 0 Å². The maximum absolute atomic E-state index is 11.0. The van der Waals surface area contributed by atoms with E-state index in [4.69, 9.17) is 5.11 Å². The molecule has 2 nitrogen and oxygen atoms in total. The molecule has 0 saturated heterocycles. The molecular weight excluding hydrogens is 344 g/mol. The fourth-order valence-electron chi connectivity index (χ4n) is 4.84. The summed E-state index contributed by atoms with van der Waals surface area (Å²) in [6.07, 6.45) is 11.0. The molecular formula is C26H36O2. The molecule has 1 fully saturated rings. The Hall–Kier alpha value is -1.83. The SMILES string of the molecule is CCCC(/C=C/[C@@H]1C[C@]1(C)c1ccc2c(c1)C(C)(C)CCC2(C)C)=C\C(=O)O. The highest BCUT2D eigenvalue weighted by Crippen LogP contribution is 2.56. The second kappa shape index (κ2) is 7.21. The topological polar surface area (TPSA) is 37.3 Å². The number of hydrogen-bond acceptors (Lipinski definition) is 1. The molecule has 2 heteroatoms. The van der Waals surface area contributed by atoms with Gasteiger partial charge in [-0.1, -0.05) is 78.3 Å². The molecule has 2 aliphatic carbocycles. The quantitative estimate of drug-likeness (QED) is 0.441. The van der Waals surface area contributed by atoms with Gasteiger partial charge >= 0.3 is 5.97 Å². The number of allylic oxidation sites excluding steroid dienone is 3. The first-order valence-corrected chi connectivity index (χ1v) is 10.8. The molecule has 1 aromatic carbocycles. The Kier molecular flexibility index (Phi) is 5.38. The van der Waals surface area contributed by atoms with Crippen LogP contribution in [-0.2, 0) is 21.0 Å². The van der Waals surface area contributed by atoms with Crippen molar-refractivity contribution < 1.29 is 9.90 Å². The molecule has 2 aliphatic rings. The van der Waals surface area contributed by atoms with Crippen molar-refractivity contribution >= 4 is 5.97 Å². The molecule has 28 heavy (non-hydrogen) atoms. The van der Waals surface area contributed by atoms with Gasteiger partial charge < -0.3 is 5.11 Å². The van der Waals surface area contributed by atoms with Crippen LogP contribution in [0.3, 0.4) is 0 Å². The highest BCUT2D eigenvalue weighted by Gasteiger charge is 2.50. The number of fused-ring (bicyclic) bond motifs is 1. The zero-order chi connectivity index (χ0) is 20.7. The molecule has 1 aromatic rings. The van der Waals surface area contributed by atoms with E-state index in [0.29, 0.717) is 5.92 Å². The molecule has 1 saturated carbocycles. The van der Waals surface area contributed by atoms with Crippen molar-refractivity contribution in [3.8, 4) is 0 Å². The van der Waals surface area contributed by atoms with Gasteiger partial charge in [-0.05, 0) is 70.1 Å². The van der Waals surface area contributed by atoms with Crippen LogP contribution in [0.1, 0.15) is 90.3 Å². The van der Waals surface area contributed by atoms with E-state index in [-0.39, 0.29) is 16.2 Å². The molecule has 3 rings (SSSR count). The maximum Gasteiger partial charge on any atom is 0.328 e. The Morgan fingerprint density at radius 1 is 1.11 bits per heavy atom. The predicted molar refractivity (Wildman–Crippen MR) is 117 cm³/mol. The molecule has 152 valence electrons. The van der Waals surface area contributed by atoms with Crippen LogP contribution in [0.2, 0.25) is 0 Å². The monoisotopic (exact) mass is 380 g/mol. The standard InChI is InChI=1S/C26H36O2/c1-7-8-18(15-23(27)28)9-10-20-17-26(20,6)19-11-12-21-22(16-19)25(4,5)14-13-24(21,2)3/h9-12,15-16,20H,7-8,13-14,17H2,1-6H3,(H,27,28)/b10-9+,18-15+/t20-,26-/m1/s1. The summed E-state index contributed by atoms with van der Waals surface area (Å²) in [5.41, 5.74) is 6.04. The molecule has 0 aliphatic heterocycles. The van der Waals surface area contributed by atoms with Crippen molar-refractivity contribution in [2.24, 2.45) is 5.92 Å². The van der Waals surface area contributed by atoms with Gasteiger partial charge in [-0.2, -0.15) is 0 Å². The second-order valence-electron chi connectivity index (χ2n) is 10.4. The number of rotatable bonds is 6. The summed E-state index contributed by atoms with van der Waals surface area (Å²) >= 11 is 0. The van der Waals surface area contributed by atoms with Crippen LogP contribution in [0.25, 0.3) is 0 Å². The van der Waals surface area contributed by atoms with Gasteiger partial charge in [0.15, 0.2) is 0 Å². The first kappa shape index (κ1) is 20.9. The summed E-state index contributed by atoms with van der Waals surface area (Å²) in [6, 6.07) is 7.20. The lowest BCUT2D eigenvalue weighted by molar-refractivity contribution is -0.131. The van der Waals surface area contributed by atoms with Crippen molar-refractivity contribution in [3.63, 3.8) is 0 Å². The second-order valence-corrected chi connectivity index (χ2v) is 10.4. The largest absolute Gasteiger partial charge is 0.478 e. The van der Waals surface area contributed by atoms with Gasteiger partial charge in [-0.15, -0.1) is 0 Å². The van der Waals surface area contributed by atoms with E-state index in [0.717, 1.165) is 24.8 Å². The minimum absolute atomic E-state index is 0.170. The molecule has 0 unspecified atom stereocenters. The van der Waals surface area contributed by atoms with Gasteiger partial charge in [0.05, 0.1) is 0 Å². The van der Waals surface area contributed by atoms with Gasteiger partial charge in [-0.25, -0.2) is 4.79 Å². The van der Waals surface area contributed by atoms with Crippen LogP contribution in [0, 0.1) is 5.92 Å². The number of aliphatic carboxylic acids is 1. The average molecular weight is 381 g/mol. The minimum Gasteiger partial charge on any atom is -0.478 e. The Morgan fingerprint density at radius 3 is 2.36 bits per heavy atom. The summed E-state index contributed by atoms with van der Waals surface area (Å²) in [5, 5.41) is 9.07. The molecule has 0 amide bonds. The number of carbonyl (C=O) groups is 1. The van der Waals surface area contributed by atoms with E-state index in [1.54, 1.807) is 0 Å². The third-order valence-corrected chi connectivity index (χ3v) is 7.20. The lowest BCUT2D eigenvalue weighted by atomic mass is 9.62. The Balaban J connectivity index is 1.86. The van der Waals surface area contributed by atoms with Crippen LogP contribution in [-0.4, -0.2) is 11.1 Å². The fourth-order valence-corrected chi connectivity index (χ4v) is 4.84. The molecule has 0 heterocycles. The lowest BCUT2D eigenvalue weighted by Gasteiger charge is -2.42. The molecule has 0 bridgehead atoms. The summed E-state index contributed by atoms with van der Waals surface area (Å²) in [4.78, 5) is 11.0. The minimum atomic E-state index is -0.855. The highest BCUT2D eigenvalue weighted by molar-refractivity contribution is 5.81. The van der Waals surface area contributed by atoms with Gasteiger partial charge in [-0.3, -0.25) is 0 Å². The van der Waals surface area contributed by atoms with E-state index < -0.39 is 5.97 Å². The van der Waals surface area contributed by atoms with Crippen molar-refractivity contribution in [2.45, 2.75) is 89.9 Å². The maximum atomic E-state index is 11.0. The lowest BCUT2D eigenvalue weighted by Crippen LogP contribution is -2.34. The smallest absolute Gasteiger partial charge is 0.328 e. The zero-order valence-corrected chi connectivity index (χ0v) is 18.4. The predicted octanol–water partition coefficient (Wildman–Crippen LogP) is 6.68. The highest BCUT2D eigenvalue weighted by atomic mass is 16.4. The fraction of sp³-hybridized carbons (Fsp3) is 0.577. The van der Waals surface area contributed by atoms with Crippen LogP contribution in [0.15, 0.2) is 42.0 Å². The van der Waals surface area contributed by atoms with Crippen LogP contribution < -0.4 is 0 Å². The van der Waals surface area contributed by atoms with Crippen molar-refractivity contribution in [1.82, 2.24) is 0 Å². The van der Waals surface area contributed by atoms with E-state index in [9.17, 15) is 4.79 Å². The number of hydrogen-bond donors (Lipinski definition) is 1. The van der Waals surface area contributed by atoms with Gasteiger partial charge in [0.1, 0.15) is 0 Å². The van der Waals surface area contributed by atoms with Crippen molar-refractivity contribution in [2.75, 3.05) is 0 Å². The molecule has 2 atom stereocenters. The third kappa shape index (κ3) is 3.97. The van der Waals surface area contributed by atoms with Crippen molar-refractivity contribution in [3.05, 3.63) is 58.7 Å². The number of carboxylic acids is 1. The molecule has 0 spiro atoms. The van der Waals surface area contributed by atoms with E-state index in [1.165, 1.54) is 35.6 Å². The third-order valence-electron chi connectivity index (χ3n) is 7.20. The van der Waals surface area contributed by atoms with Gasteiger partial charge in [0.25, 0.3) is 0 Å². The zero-order valence-electron chi connectivity index (χ0n) is 18.4. The summed E-state index contributed by atoms with van der Waals surface area (Å²) in [5.74, 6) is -0.370. The Morgan fingerprint density at radius 2 is 1.75 bits per heavy atom. The average Bonchev–Trinajstić information content (AvgIpc) is 3.28. The van der Waals surface area contributed by atoms with E-state index in [1.807, 2.05) is 6.08 Å². The number of benzene rings is 1. The van der Waals surface area contributed by atoms with Crippen LogP contribution >= 0.6 is 0 Å². The van der Waals surface area contributed by atoms with Gasteiger partial charge in [0.2, 0.25) is 0 Å². The van der Waals surface area contributed by atoms with E-state index in [2.05, 4.69) is 65.8 Å². The summed E-state index contributed by atoms with van der Waals surface area (Å²) in [6.45, 7) is 13.9. The Labute approximate surface area is 170 Å². The van der Waals surface area contributed by atoms with Crippen molar-refractivity contribution in [1.29, 1.82) is 0 Å². The van der Waals surface area contributed by atoms with Crippen LogP contribution in [0.4, 0.5) is 0 Å². The number of carboxylic acid groups (broad SMARTS) is 1. The normalized spacial score (nSPS) is 28.2. The molecule has 0 aromatic heterocycles. The van der Waals surface area contributed by atoms with Gasteiger partial charge in [0, 0.05) is 6.08 Å². The Bertz CT molecular complexity index is 825.